The van der Waals surface area contributed by atoms with Crippen molar-refractivity contribution >= 4 is 11.9 Å². The van der Waals surface area contributed by atoms with Crippen molar-refractivity contribution < 1.29 is 14.3 Å². The van der Waals surface area contributed by atoms with Crippen molar-refractivity contribution in [1.82, 2.24) is 0 Å². The molecule has 1 aliphatic carbocycles. The van der Waals surface area contributed by atoms with Crippen molar-refractivity contribution in [2.75, 3.05) is 0 Å². The smallest absolute Gasteiger partial charge is 0.333 e. The average Bonchev–Trinajstić information content (AvgIpc) is 2.46. The number of carbonyl (C=O) groups is 2. The number of carbonyl (C=O) groups excluding carboxylic acids is 2. The molecular formula is C17H29NO3. The number of esters is 1. The molecule has 1 rings (SSSR count). The minimum Gasteiger partial charge on any atom is -0.459 e. The van der Waals surface area contributed by atoms with E-state index in [0.717, 1.165) is 31.3 Å². The molecule has 0 saturated heterocycles. The summed E-state index contributed by atoms with van der Waals surface area (Å²) < 4.78 is 5.21. The van der Waals surface area contributed by atoms with Gasteiger partial charge in [-0.1, -0.05) is 32.9 Å². The number of amides is 1. The van der Waals surface area contributed by atoms with E-state index < -0.39 is 0 Å². The van der Waals surface area contributed by atoms with Gasteiger partial charge >= 0.3 is 5.97 Å². The summed E-state index contributed by atoms with van der Waals surface area (Å²) in [4.78, 5) is 21.6. The standard InChI is InChI=1S/C10H16O2.C7H13NO/c1-8(2)10(11)12-9-6-4-3-5-7-9;1-3-5-6(4-2)7(8)9/h9H,1,3-7H2,2H3;5H,3-4H2,1-2H3,(H2,8,9). The number of nitrogens with two attached hydrogens (primary N) is 1. The van der Waals surface area contributed by atoms with Gasteiger partial charge in [0.15, 0.2) is 0 Å². The molecule has 0 heterocycles. The predicted molar refractivity (Wildman–Crippen MR) is 85.6 cm³/mol. The van der Waals surface area contributed by atoms with Crippen LogP contribution >= 0.6 is 0 Å². The lowest BCUT2D eigenvalue weighted by Crippen LogP contribution is -2.20. The number of rotatable bonds is 5. The number of hydrogen-bond acceptors (Lipinski definition) is 3. The maximum Gasteiger partial charge on any atom is 0.333 e. The highest BCUT2D eigenvalue weighted by Gasteiger charge is 2.17. The molecule has 2 N–H and O–H groups in total. The first-order valence-electron chi connectivity index (χ1n) is 7.77. The third-order valence-corrected chi connectivity index (χ3v) is 3.32. The Bertz CT molecular complexity index is 379. The molecule has 0 radical (unpaired) electrons. The molecule has 0 aliphatic heterocycles. The van der Waals surface area contributed by atoms with E-state index in [1.807, 2.05) is 19.9 Å². The Balaban J connectivity index is 0.000000400. The van der Waals surface area contributed by atoms with Crippen LogP contribution in [0.1, 0.15) is 65.7 Å². The minimum absolute atomic E-state index is 0.156. The number of hydrogen-bond donors (Lipinski definition) is 1. The van der Waals surface area contributed by atoms with Gasteiger partial charge in [0.2, 0.25) is 5.91 Å². The van der Waals surface area contributed by atoms with Crippen LogP contribution in [0.25, 0.3) is 0 Å². The summed E-state index contributed by atoms with van der Waals surface area (Å²) in [5.74, 6) is -0.527. The number of ether oxygens (including phenoxy) is 1. The molecule has 0 unspecified atom stereocenters. The average molecular weight is 295 g/mol. The summed E-state index contributed by atoms with van der Waals surface area (Å²) in [7, 11) is 0. The van der Waals surface area contributed by atoms with Crippen LogP contribution in [0.2, 0.25) is 0 Å². The highest BCUT2D eigenvalue weighted by Crippen LogP contribution is 2.20. The van der Waals surface area contributed by atoms with E-state index in [0.29, 0.717) is 5.57 Å². The van der Waals surface area contributed by atoms with E-state index in [1.165, 1.54) is 19.3 Å². The molecule has 0 aromatic rings. The fourth-order valence-electron chi connectivity index (χ4n) is 2.10. The van der Waals surface area contributed by atoms with Crippen molar-refractivity contribution in [3.05, 3.63) is 23.8 Å². The van der Waals surface area contributed by atoms with Crippen LogP contribution < -0.4 is 5.73 Å². The monoisotopic (exact) mass is 295 g/mol. The number of allylic oxidation sites excluding steroid dienone is 1. The van der Waals surface area contributed by atoms with Crippen LogP contribution in [0.4, 0.5) is 0 Å². The van der Waals surface area contributed by atoms with Crippen LogP contribution in [-0.2, 0) is 14.3 Å². The summed E-state index contributed by atoms with van der Waals surface area (Å²) in [5, 5.41) is 0. The Morgan fingerprint density at radius 3 is 2.14 bits per heavy atom. The highest BCUT2D eigenvalue weighted by atomic mass is 16.5. The Morgan fingerprint density at radius 1 is 1.24 bits per heavy atom. The van der Waals surface area contributed by atoms with Gasteiger partial charge in [-0.05, 0) is 45.4 Å². The molecule has 0 spiro atoms. The summed E-state index contributed by atoms with van der Waals surface area (Å²) in [6.45, 7) is 9.14. The molecule has 0 atom stereocenters. The van der Waals surface area contributed by atoms with Gasteiger partial charge in [-0.25, -0.2) is 4.79 Å². The SMILES string of the molecule is C=C(C)C(=O)OC1CCCCC1.CCC=C(CC)C(N)=O. The van der Waals surface area contributed by atoms with Crippen LogP contribution in [0, 0.1) is 0 Å². The number of primary amides is 1. The summed E-state index contributed by atoms with van der Waals surface area (Å²) >= 11 is 0. The molecule has 4 nitrogen and oxygen atoms in total. The van der Waals surface area contributed by atoms with E-state index in [9.17, 15) is 9.59 Å². The van der Waals surface area contributed by atoms with Crippen molar-refractivity contribution in [2.45, 2.75) is 71.8 Å². The Labute approximate surface area is 128 Å². The first kappa shape index (κ1) is 19.4. The Kier molecular flexibility index (Phi) is 10.3. The van der Waals surface area contributed by atoms with Gasteiger partial charge in [-0.15, -0.1) is 0 Å². The summed E-state index contributed by atoms with van der Waals surface area (Å²) in [6.07, 6.45) is 9.35. The second-order valence-electron chi connectivity index (χ2n) is 5.30. The van der Waals surface area contributed by atoms with E-state index in [4.69, 9.17) is 10.5 Å². The molecule has 21 heavy (non-hydrogen) atoms. The lowest BCUT2D eigenvalue weighted by molar-refractivity contribution is -0.145. The third kappa shape index (κ3) is 9.05. The lowest BCUT2D eigenvalue weighted by atomic mass is 9.98. The largest absolute Gasteiger partial charge is 0.459 e. The normalized spacial score (nSPS) is 15.7. The zero-order chi connectivity index (χ0) is 16.3. The summed E-state index contributed by atoms with van der Waals surface area (Å²) in [6, 6.07) is 0. The first-order valence-corrected chi connectivity index (χ1v) is 7.77. The maximum absolute atomic E-state index is 11.1. The minimum atomic E-state index is -0.292. The van der Waals surface area contributed by atoms with Crippen molar-refractivity contribution in [3.63, 3.8) is 0 Å². The van der Waals surface area contributed by atoms with Gasteiger partial charge < -0.3 is 10.5 Å². The maximum atomic E-state index is 11.1. The second kappa shape index (κ2) is 11.1. The van der Waals surface area contributed by atoms with E-state index in [2.05, 4.69) is 6.58 Å². The van der Waals surface area contributed by atoms with Crippen LogP contribution in [0.3, 0.4) is 0 Å². The third-order valence-electron chi connectivity index (χ3n) is 3.32. The van der Waals surface area contributed by atoms with Gasteiger partial charge in [-0.2, -0.15) is 0 Å². The van der Waals surface area contributed by atoms with Gasteiger partial charge in [-0.3, -0.25) is 4.79 Å². The lowest BCUT2D eigenvalue weighted by Gasteiger charge is -2.21. The van der Waals surface area contributed by atoms with E-state index in [1.54, 1.807) is 6.92 Å². The van der Waals surface area contributed by atoms with Crippen LogP contribution in [0.15, 0.2) is 23.8 Å². The molecule has 1 amide bonds. The van der Waals surface area contributed by atoms with Gasteiger partial charge in [0.25, 0.3) is 0 Å². The Hall–Kier alpha value is -1.58. The molecule has 1 fully saturated rings. The molecular weight excluding hydrogens is 266 g/mol. The molecule has 120 valence electrons. The fourth-order valence-corrected chi connectivity index (χ4v) is 2.10. The molecule has 0 bridgehead atoms. The molecule has 1 saturated carbocycles. The van der Waals surface area contributed by atoms with Gasteiger partial charge in [0, 0.05) is 11.1 Å². The fraction of sp³-hybridized carbons (Fsp3) is 0.647. The van der Waals surface area contributed by atoms with Crippen molar-refractivity contribution in [2.24, 2.45) is 5.73 Å². The molecule has 0 aromatic heterocycles. The second-order valence-corrected chi connectivity index (χ2v) is 5.30. The molecule has 1 aliphatic rings. The first-order chi connectivity index (χ1) is 9.92. The topological polar surface area (TPSA) is 69.4 Å². The van der Waals surface area contributed by atoms with Crippen molar-refractivity contribution in [3.8, 4) is 0 Å². The van der Waals surface area contributed by atoms with Crippen LogP contribution in [0.5, 0.6) is 0 Å². The van der Waals surface area contributed by atoms with E-state index >= 15 is 0 Å². The predicted octanol–water partition coefficient (Wildman–Crippen LogP) is 3.66. The van der Waals surface area contributed by atoms with Crippen LogP contribution in [-0.4, -0.2) is 18.0 Å². The van der Waals surface area contributed by atoms with Gasteiger partial charge in [0.1, 0.15) is 6.10 Å². The van der Waals surface area contributed by atoms with Crippen molar-refractivity contribution in [1.29, 1.82) is 0 Å². The molecule has 4 heteroatoms. The Morgan fingerprint density at radius 2 is 1.81 bits per heavy atom. The quantitative estimate of drug-likeness (QED) is 0.621. The highest BCUT2D eigenvalue weighted by molar-refractivity contribution is 5.91. The zero-order valence-electron chi connectivity index (χ0n) is 13.6. The van der Waals surface area contributed by atoms with Gasteiger partial charge in [0.05, 0.1) is 0 Å². The molecule has 0 aromatic carbocycles. The summed E-state index contributed by atoms with van der Waals surface area (Å²) in [5.41, 5.74) is 6.26. The zero-order valence-corrected chi connectivity index (χ0v) is 13.6. The van der Waals surface area contributed by atoms with E-state index in [-0.39, 0.29) is 18.0 Å².